The summed E-state index contributed by atoms with van der Waals surface area (Å²) in [7, 11) is 0. The molecule has 0 amide bonds. The number of aromatic nitrogens is 2. The van der Waals surface area contributed by atoms with Crippen LogP contribution < -0.4 is 5.73 Å². The standard InChI is InChI=1S/C15H15N3S/c1-10-2-7-13-14(8-10)18-15(17-13)19-12-5-3-11(9-16)4-6-12/h2-8H,9,16H2,1H3,(H,17,18). The summed E-state index contributed by atoms with van der Waals surface area (Å²) in [4.78, 5) is 9.08. The fraction of sp³-hybridized carbons (Fsp3) is 0.133. The second kappa shape index (κ2) is 5.07. The Bertz CT molecular complexity index is 701. The van der Waals surface area contributed by atoms with Crippen LogP contribution in [0.25, 0.3) is 11.0 Å². The van der Waals surface area contributed by atoms with E-state index in [2.05, 4.69) is 53.3 Å². The molecule has 1 aromatic heterocycles. The maximum atomic E-state index is 5.59. The molecule has 1 heterocycles. The van der Waals surface area contributed by atoms with E-state index in [1.807, 2.05) is 6.07 Å². The monoisotopic (exact) mass is 269 g/mol. The molecule has 0 saturated heterocycles. The second-order valence-electron chi connectivity index (χ2n) is 4.51. The number of hydrogen-bond donors (Lipinski definition) is 2. The van der Waals surface area contributed by atoms with Crippen LogP contribution in [0.5, 0.6) is 0 Å². The van der Waals surface area contributed by atoms with Crippen LogP contribution in [0.4, 0.5) is 0 Å². The van der Waals surface area contributed by atoms with Gasteiger partial charge in [-0.15, -0.1) is 0 Å². The van der Waals surface area contributed by atoms with E-state index in [0.717, 1.165) is 26.6 Å². The number of fused-ring (bicyclic) bond motifs is 1. The lowest BCUT2D eigenvalue weighted by molar-refractivity contribution is 1.06. The molecule has 0 radical (unpaired) electrons. The SMILES string of the molecule is Cc1ccc2nc(Sc3ccc(CN)cc3)[nH]c2c1. The van der Waals surface area contributed by atoms with Crippen molar-refractivity contribution in [1.29, 1.82) is 0 Å². The van der Waals surface area contributed by atoms with Crippen LogP contribution in [0.15, 0.2) is 52.5 Å². The number of nitrogens with one attached hydrogen (secondary N) is 1. The molecule has 4 heteroatoms. The fourth-order valence-corrected chi connectivity index (χ4v) is 2.75. The van der Waals surface area contributed by atoms with Crippen LogP contribution in [-0.2, 0) is 6.54 Å². The molecular formula is C15H15N3S. The van der Waals surface area contributed by atoms with Gasteiger partial charge in [0, 0.05) is 11.4 Å². The molecule has 3 rings (SSSR count). The van der Waals surface area contributed by atoms with Crippen molar-refractivity contribution in [3.8, 4) is 0 Å². The number of aromatic amines is 1. The fourth-order valence-electron chi connectivity index (χ4n) is 1.95. The van der Waals surface area contributed by atoms with Gasteiger partial charge in [-0.1, -0.05) is 30.0 Å². The summed E-state index contributed by atoms with van der Waals surface area (Å²) in [5, 5.41) is 0.918. The Morgan fingerprint density at radius 1 is 1.16 bits per heavy atom. The van der Waals surface area contributed by atoms with Crippen LogP contribution >= 0.6 is 11.8 Å². The molecule has 0 aliphatic rings. The molecule has 19 heavy (non-hydrogen) atoms. The molecule has 0 unspecified atom stereocenters. The number of H-pyrrole nitrogens is 1. The lowest BCUT2D eigenvalue weighted by Crippen LogP contribution is -1.94. The number of aryl methyl sites for hydroxylation is 1. The van der Waals surface area contributed by atoms with Gasteiger partial charge in [0.1, 0.15) is 0 Å². The van der Waals surface area contributed by atoms with Gasteiger partial charge in [-0.05, 0) is 42.3 Å². The second-order valence-corrected chi connectivity index (χ2v) is 5.57. The molecule has 0 bridgehead atoms. The zero-order chi connectivity index (χ0) is 13.2. The third kappa shape index (κ3) is 2.64. The van der Waals surface area contributed by atoms with E-state index in [1.165, 1.54) is 5.56 Å². The lowest BCUT2D eigenvalue weighted by atomic mass is 10.2. The molecule has 0 saturated carbocycles. The van der Waals surface area contributed by atoms with Crippen molar-refractivity contribution in [3.63, 3.8) is 0 Å². The van der Waals surface area contributed by atoms with Gasteiger partial charge >= 0.3 is 0 Å². The van der Waals surface area contributed by atoms with Crippen molar-refractivity contribution in [3.05, 3.63) is 53.6 Å². The Balaban J connectivity index is 1.87. The minimum atomic E-state index is 0.578. The van der Waals surface area contributed by atoms with Crippen molar-refractivity contribution in [2.24, 2.45) is 5.73 Å². The molecule has 2 aromatic carbocycles. The number of rotatable bonds is 3. The van der Waals surface area contributed by atoms with Crippen LogP contribution in [0.2, 0.25) is 0 Å². The molecule has 3 aromatic rings. The van der Waals surface area contributed by atoms with Crippen molar-refractivity contribution in [2.45, 2.75) is 23.5 Å². The Morgan fingerprint density at radius 2 is 1.95 bits per heavy atom. The molecule has 0 aliphatic carbocycles. The van der Waals surface area contributed by atoms with E-state index in [-0.39, 0.29) is 0 Å². The maximum Gasteiger partial charge on any atom is 0.171 e. The molecule has 0 atom stereocenters. The summed E-state index contributed by atoms with van der Waals surface area (Å²) in [6.07, 6.45) is 0. The number of nitrogens with two attached hydrogens (primary N) is 1. The molecule has 0 aliphatic heterocycles. The van der Waals surface area contributed by atoms with Gasteiger partial charge in [-0.25, -0.2) is 4.98 Å². The average Bonchev–Trinajstić information content (AvgIpc) is 2.81. The van der Waals surface area contributed by atoms with Gasteiger partial charge in [0.15, 0.2) is 5.16 Å². The van der Waals surface area contributed by atoms with E-state index in [1.54, 1.807) is 11.8 Å². The van der Waals surface area contributed by atoms with E-state index in [9.17, 15) is 0 Å². The molecule has 96 valence electrons. The summed E-state index contributed by atoms with van der Waals surface area (Å²) in [5.41, 5.74) is 10.1. The highest BCUT2D eigenvalue weighted by molar-refractivity contribution is 7.99. The van der Waals surface area contributed by atoms with Gasteiger partial charge in [0.05, 0.1) is 11.0 Å². The number of imidazole rings is 1. The minimum Gasteiger partial charge on any atom is -0.333 e. The topological polar surface area (TPSA) is 54.7 Å². The summed E-state index contributed by atoms with van der Waals surface area (Å²) in [5.74, 6) is 0. The van der Waals surface area contributed by atoms with Crippen LogP contribution in [0, 0.1) is 6.92 Å². The first-order valence-corrected chi connectivity index (χ1v) is 6.99. The van der Waals surface area contributed by atoms with E-state index in [0.29, 0.717) is 6.54 Å². The third-order valence-corrected chi connectivity index (χ3v) is 3.88. The average molecular weight is 269 g/mol. The smallest absolute Gasteiger partial charge is 0.171 e. The summed E-state index contributed by atoms with van der Waals surface area (Å²) >= 11 is 1.63. The third-order valence-electron chi connectivity index (χ3n) is 2.99. The van der Waals surface area contributed by atoms with Crippen molar-refractivity contribution < 1.29 is 0 Å². The molecule has 0 spiro atoms. The first-order valence-electron chi connectivity index (χ1n) is 6.18. The number of nitrogens with zero attached hydrogens (tertiary/aromatic N) is 1. The first kappa shape index (κ1) is 12.3. The van der Waals surface area contributed by atoms with Crippen LogP contribution in [0.3, 0.4) is 0 Å². The zero-order valence-corrected chi connectivity index (χ0v) is 11.5. The normalized spacial score (nSPS) is 11.1. The molecule has 3 N–H and O–H groups in total. The van der Waals surface area contributed by atoms with E-state index in [4.69, 9.17) is 5.73 Å². The van der Waals surface area contributed by atoms with E-state index < -0.39 is 0 Å². The van der Waals surface area contributed by atoms with Crippen LogP contribution in [0.1, 0.15) is 11.1 Å². The van der Waals surface area contributed by atoms with Crippen molar-refractivity contribution >= 4 is 22.8 Å². The first-order chi connectivity index (χ1) is 9.24. The van der Waals surface area contributed by atoms with Gasteiger partial charge in [-0.2, -0.15) is 0 Å². The Labute approximate surface area is 116 Å². The van der Waals surface area contributed by atoms with Gasteiger partial charge in [-0.3, -0.25) is 0 Å². The lowest BCUT2D eigenvalue weighted by Gasteiger charge is -1.99. The Morgan fingerprint density at radius 3 is 2.68 bits per heavy atom. The highest BCUT2D eigenvalue weighted by Gasteiger charge is 2.04. The highest BCUT2D eigenvalue weighted by atomic mass is 32.2. The number of benzene rings is 2. The zero-order valence-electron chi connectivity index (χ0n) is 10.7. The largest absolute Gasteiger partial charge is 0.333 e. The summed E-state index contributed by atoms with van der Waals surface area (Å²) in [6, 6.07) is 14.5. The van der Waals surface area contributed by atoms with Gasteiger partial charge in [0.2, 0.25) is 0 Å². The Hall–Kier alpha value is -1.78. The van der Waals surface area contributed by atoms with Crippen molar-refractivity contribution in [1.82, 2.24) is 9.97 Å². The number of hydrogen-bond acceptors (Lipinski definition) is 3. The summed E-state index contributed by atoms with van der Waals surface area (Å²) < 4.78 is 0. The summed E-state index contributed by atoms with van der Waals surface area (Å²) in [6.45, 7) is 2.66. The maximum absolute atomic E-state index is 5.59. The predicted molar refractivity (Wildman–Crippen MR) is 79.3 cm³/mol. The minimum absolute atomic E-state index is 0.578. The molecular weight excluding hydrogens is 254 g/mol. The van der Waals surface area contributed by atoms with Crippen LogP contribution in [-0.4, -0.2) is 9.97 Å². The predicted octanol–water partition coefficient (Wildman–Crippen LogP) is 3.48. The highest BCUT2D eigenvalue weighted by Crippen LogP contribution is 2.27. The van der Waals surface area contributed by atoms with Crippen molar-refractivity contribution in [2.75, 3.05) is 0 Å². The van der Waals surface area contributed by atoms with Gasteiger partial charge in [0.25, 0.3) is 0 Å². The Kier molecular flexibility index (Phi) is 3.27. The van der Waals surface area contributed by atoms with Gasteiger partial charge < -0.3 is 10.7 Å². The van der Waals surface area contributed by atoms with E-state index >= 15 is 0 Å². The quantitative estimate of drug-likeness (QED) is 0.765. The molecule has 0 fully saturated rings. The molecule has 3 nitrogen and oxygen atoms in total.